The second kappa shape index (κ2) is 18.7. The lowest BCUT2D eigenvalue weighted by atomic mass is 9.60. The van der Waals surface area contributed by atoms with Crippen LogP contribution in [0.5, 0.6) is 0 Å². The molecule has 6 N–H and O–H groups in total. The third kappa shape index (κ3) is 10.4. The molecule has 0 radical (unpaired) electrons. The molecule has 8 rings (SSSR count). The first-order valence-electron chi connectivity index (χ1n) is 25.3. The van der Waals surface area contributed by atoms with Crippen LogP contribution in [0.1, 0.15) is 184 Å². The molecule has 0 amide bonds. The first-order chi connectivity index (χ1) is 29.1. The second-order valence-electron chi connectivity index (χ2n) is 24.1. The van der Waals surface area contributed by atoms with Crippen LogP contribution in [0, 0.1) is 46.3 Å². The van der Waals surface area contributed by atoms with Gasteiger partial charge in [-0.3, -0.25) is 0 Å². The first kappa shape index (κ1) is 48.6. The Bertz CT molecular complexity index is 1520. The van der Waals surface area contributed by atoms with Gasteiger partial charge in [0.2, 0.25) is 0 Å². The molecule has 2 spiro atoms. The summed E-state index contributed by atoms with van der Waals surface area (Å²) >= 11 is 0. The van der Waals surface area contributed by atoms with E-state index in [0.717, 1.165) is 48.7 Å². The van der Waals surface area contributed by atoms with Gasteiger partial charge in [-0.1, -0.05) is 100.0 Å². The highest BCUT2D eigenvalue weighted by Crippen LogP contribution is 2.61. The van der Waals surface area contributed by atoms with Crippen LogP contribution in [0.2, 0.25) is 0 Å². The van der Waals surface area contributed by atoms with Crippen molar-refractivity contribution in [3.63, 3.8) is 0 Å². The predicted molar refractivity (Wildman–Crippen MR) is 247 cm³/mol. The van der Waals surface area contributed by atoms with Crippen LogP contribution in [0.4, 0.5) is 0 Å². The Kier molecular flexibility index (Phi) is 14.7. The average molecular weight is 865 g/mol. The highest BCUT2D eigenvalue weighted by molar-refractivity contribution is 5.30. The smallest absolute Gasteiger partial charge is 0.144 e. The van der Waals surface area contributed by atoms with Crippen molar-refractivity contribution in [2.45, 2.75) is 231 Å². The summed E-state index contributed by atoms with van der Waals surface area (Å²) in [6.45, 7) is 18.6. The van der Waals surface area contributed by atoms with Crippen LogP contribution >= 0.6 is 0 Å². The summed E-state index contributed by atoms with van der Waals surface area (Å²) in [5, 5.41) is 61.8. The summed E-state index contributed by atoms with van der Waals surface area (Å²) < 4.78 is 10.8. The quantitative estimate of drug-likeness (QED) is 0.106. The Morgan fingerprint density at radius 3 is 1.23 bits per heavy atom. The van der Waals surface area contributed by atoms with E-state index < -0.39 is 46.8 Å². The normalized spacial score (nSPS) is 42.7. The Labute approximate surface area is 375 Å². The molecule has 0 aromatic heterocycles. The van der Waals surface area contributed by atoms with Crippen molar-refractivity contribution in [2.75, 3.05) is 13.2 Å². The molecule has 2 aliphatic heterocycles. The number of rotatable bonds is 12. The molecule has 0 aromatic rings. The van der Waals surface area contributed by atoms with Crippen LogP contribution < -0.4 is 0 Å². The highest BCUT2D eigenvalue weighted by Gasteiger charge is 2.60. The maximum absolute atomic E-state index is 10.4. The molecule has 6 saturated carbocycles. The van der Waals surface area contributed by atoms with Gasteiger partial charge in [0.1, 0.15) is 11.2 Å². The van der Waals surface area contributed by atoms with Gasteiger partial charge in [-0.25, -0.2) is 0 Å². The molecule has 8 heteroatoms. The van der Waals surface area contributed by atoms with Crippen molar-refractivity contribution < 1.29 is 40.1 Å². The van der Waals surface area contributed by atoms with Gasteiger partial charge in [0.15, 0.2) is 0 Å². The molecule has 2 saturated heterocycles. The fourth-order valence-corrected chi connectivity index (χ4v) is 14.5. The van der Waals surface area contributed by atoms with E-state index >= 15 is 0 Å². The van der Waals surface area contributed by atoms with Crippen LogP contribution in [0.15, 0.2) is 46.6 Å². The molecule has 352 valence electrons. The van der Waals surface area contributed by atoms with E-state index in [2.05, 4.69) is 52.0 Å². The average Bonchev–Trinajstić information content (AvgIpc) is 4.10. The van der Waals surface area contributed by atoms with Gasteiger partial charge < -0.3 is 40.1 Å². The van der Waals surface area contributed by atoms with E-state index in [0.29, 0.717) is 73.4 Å². The molecular formula is C54H88O8. The van der Waals surface area contributed by atoms with E-state index in [1.165, 1.54) is 77.0 Å². The molecule has 8 nitrogen and oxygen atoms in total. The minimum Gasteiger partial charge on any atom is -0.390 e. The zero-order valence-electron chi connectivity index (χ0n) is 40.1. The van der Waals surface area contributed by atoms with Gasteiger partial charge in [-0.15, -0.1) is 0 Å². The molecule has 8 aliphatic rings. The Morgan fingerprint density at radius 1 is 0.581 bits per heavy atom. The number of fused-ring (bicyclic) bond motifs is 2. The largest absolute Gasteiger partial charge is 0.390 e. The number of hydrogen-bond donors (Lipinski definition) is 6. The number of aliphatic hydroxyl groups is 6. The molecule has 62 heavy (non-hydrogen) atoms. The summed E-state index contributed by atoms with van der Waals surface area (Å²) in [5.74, 6) is 4.26. The third-order valence-corrected chi connectivity index (χ3v) is 18.4. The van der Waals surface area contributed by atoms with E-state index in [1.54, 1.807) is 11.1 Å². The highest BCUT2D eigenvalue weighted by atomic mass is 16.6. The van der Waals surface area contributed by atoms with Gasteiger partial charge in [0.05, 0.1) is 48.8 Å². The predicted octanol–water partition coefficient (Wildman–Crippen LogP) is 9.84. The monoisotopic (exact) mass is 865 g/mol. The van der Waals surface area contributed by atoms with Gasteiger partial charge in [-0.05, 0) is 177 Å². The summed E-state index contributed by atoms with van der Waals surface area (Å²) in [4.78, 5) is 0. The van der Waals surface area contributed by atoms with E-state index in [9.17, 15) is 30.6 Å². The van der Waals surface area contributed by atoms with Gasteiger partial charge in [0, 0.05) is 0 Å². The molecule has 6 unspecified atom stereocenters. The third-order valence-electron chi connectivity index (χ3n) is 18.4. The molecule has 8 fully saturated rings. The number of epoxide rings is 2. The van der Waals surface area contributed by atoms with E-state index in [1.807, 2.05) is 27.7 Å². The topological polar surface area (TPSA) is 146 Å². The minimum absolute atomic E-state index is 0.383. The number of allylic oxidation sites excluding steroid dienone is 6. The van der Waals surface area contributed by atoms with Crippen molar-refractivity contribution in [1.82, 2.24) is 0 Å². The van der Waals surface area contributed by atoms with Gasteiger partial charge in [-0.2, -0.15) is 0 Å². The summed E-state index contributed by atoms with van der Waals surface area (Å²) in [7, 11) is 0. The summed E-state index contributed by atoms with van der Waals surface area (Å²) in [6.07, 6.45) is 28.3. The Hall–Kier alpha value is -1.36. The van der Waals surface area contributed by atoms with Gasteiger partial charge in [0.25, 0.3) is 0 Å². The number of hydrogen-bond acceptors (Lipinski definition) is 8. The van der Waals surface area contributed by atoms with Crippen LogP contribution in [0.25, 0.3) is 0 Å². The molecule has 6 aliphatic carbocycles. The van der Waals surface area contributed by atoms with Crippen LogP contribution in [0.3, 0.4) is 0 Å². The van der Waals surface area contributed by atoms with E-state index in [4.69, 9.17) is 9.47 Å². The van der Waals surface area contributed by atoms with Crippen molar-refractivity contribution >= 4 is 0 Å². The maximum atomic E-state index is 10.4. The zero-order valence-corrected chi connectivity index (χ0v) is 40.1. The lowest BCUT2D eigenvalue weighted by Gasteiger charge is -2.44. The van der Waals surface area contributed by atoms with Crippen LogP contribution in [-0.4, -0.2) is 90.7 Å². The molecule has 0 aromatic carbocycles. The molecule has 0 bridgehead atoms. The fourth-order valence-electron chi connectivity index (χ4n) is 14.5. The first-order valence-corrected chi connectivity index (χ1v) is 25.3. The Balaban J connectivity index is 0.000000186. The summed E-state index contributed by atoms with van der Waals surface area (Å²) in [5.41, 5.74) is 3.78. The Morgan fingerprint density at radius 2 is 0.919 bits per heavy atom. The minimum atomic E-state index is -0.673. The van der Waals surface area contributed by atoms with Crippen molar-refractivity contribution in [2.24, 2.45) is 46.3 Å². The zero-order chi connectivity index (χ0) is 44.9. The van der Waals surface area contributed by atoms with Crippen molar-refractivity contribution in [3.8, 4) is 0 Å². The van der Waals surface area contributed by atoms with Crippen molar-refractivity contribution in [1.29, 1.82) is 0 Å². The standard InChI is InChI=1S/2C27H44O4/c2*1-18(7-5-13-25(2,3)30)21-11-12-22-20(8-6-14-26(21,22)4)10-9-19-15-23(28)27(17-31-27)24(29)16-19/h2*9-10,18,21-24,28-30H,5-8,11-17H2,1-4H3/b2*19-9?,20-10+/t2*18-,21?,22?,23+,24+,26?,27?/m00/s1. The van der Waals surface area contributed by atoms with E-state index in [-0.39, 0.29) is 0 Å². The molecule has 12 atom stereocenters. The van der Waals surface area contributed by atoms with Gasteiger partial charge >= 0.3 is 0 Å². The molecular weight excluding hydrogens is 777 g/mol. The summed E-state index contributed by atoms with van der Waals surface area (Å²) in [6, 6.07) is 0. The van der Waals surface area contributed by atoms with Crippen LogP contribution in [-0.2, 0) is 9.47 Å². The second-order valence-corrected chi connectivity index (χ2v) is 24.1. The SMILES string of the molecule is C[C@@H](CCCC(C)(C)O)C1CCC2/C(=C/C=C3C[C@@H](O)C4(CO4)[C@H](O)C3)CCCC21C.C[C@@H](CCCC(C)(C)O)C1CCC2/C(=C/C=C3C[C@@H](O)C4(CO4)[C@H](O)C3)CCCC21C. The molecule has 2 heterocycles. The number of aliphatic hydroxyl groups excluding tert-OH is 4. The lowest BCUT2D eigenvalue weighted by molar-refractivity contribution is -0.0294. The van der Waals surface area contributed by atoms with Crippen molar-refractivity contribution in [3.05, 3.63) is 46.6 Å². The fraction of sp³-hybridized carbons (Fsp3) is 0.852. The maximum Gasteiger partial charge on any atom is 0.144 e. The number of ether oxygens (including phenoxy) is 2. The lowest BCUT2D eigenvalue weighted by Crippen LogP contribution is -2.45.